The molecule has 3 aromatic rings. The van der Waals surface area contributed by atoms with Gasteiger partial charge in [0.15, 0.2) is 4.96 Å². The molecule has 1 unspecified atom stereocenters. The second kappa shape index (κ2) is 4.98. The number of aryl methyl sites for hydroxylation is 2. The summed E-state index contributed by atoms with van der Waals surface area (Å²) in [6.07, 6.45) is 9.06. The number of aromatic nitrogens is 2. The highest BCUT2D eigenvalue weighted by Crippen LogP contribution is 2.34. The van der Waals surface area contributed by atoms with Gasteiger partial charge in [-0.25, -0.2) is 4.98 Å². The summed E-state index contributed by atoms with van der Waals surface area (Å²) < 4.78 is 2.11. The molecule has 20 heavy (non-hydrogen) atoms. The van der Waals surface area contributed by atoms with Crippen LogP contribution >= 0.6 is 22.7 Å². The van der Waals surface area contributed by atoms with Gasteiger partial charge in [0.1, 0.15) is 0 Å². The fourth-order valence-corrected chi connectivity index (χ4v) is 5.04. The van der Waals surface area contributed by atoms with Gasteiger partial charge in [0.25, 0.3) is 0 Å². The first-order valence-corrected chi connectivity index (χ1v) is 8.73. The molecule has 3 aromatic heterocycles. The second-order valence-corrected chi connectivity index (χ2v) is 7.36. The average Bonchev–Trinajstić information content (AvgIpc) is 3.13. The maximum atomic E-state index is 4.70. The lowest BCUT2D eigenvalue weighted by atomic mass is 10.1. The number of imidazole rings is 1. The largest absolute Gasteiger partial charge is 0.312 e. The molecule has 0 spiro atoms. The van der Waals surface area contributed by atoms with Crippen LogP contribution in [0.1, 0.15) is 33.5 Å². The van der Waals surface area contributed by atoms with E-state index in [1.807, 2.05) is 18.4 Å². The Morgan fingerprint density at radius 3 is 3.20 bits per heavy atom. The van der Waals surface area contributed by atoms with Crippen molar-refractivity contribution in [3.05, 3.63) is 44.9 Å². The van der Waals surface area contributed by atoms with Crippen molar-refractivity contribution in [1.82, 2.24) is 14.7 Å². The van der Waals surface area contributed by atoms with Crippen LogP contribution in [0.15, 0.2) is 23.8 Å². The minimum Gasteiger partial charge on any atom is -0.312 e. The van der Waals surface area contributed by atoms with Crippen molar-refractivity contribution in [2.24, 2.45) is 0 Å². The number of thiophene rings is 1. The van der Waals surface area contributed by atoms with Gasteiger partial charge in [0.05, 0.1) is 5.69 Å². The Labute approximate surface area is 126 Å². The summed E-state index contributed by atoms with van der Waals surface area (Å²) in [7, 11) is 2.05. The number of hydrogen-bond acceptors (Lipinski definition) is 4. The first-order chi connectivity index (χ1) is 9.83. The SMILES string of the molecule is CNC(Cc1cn2ccsc2n1)c1cc2c(s1)CCC2. The molecular weight excluding hydrogens is 286 g/mol. The Kier molecular flexibility index (Phi) is 3.13. The van der Waals surface area contributed by atoms with Crippen LogP contribution in [0, 0.1) is 0 Å². The van der Waals surface area contributed by atoms with E-state index in [0.717, 1.165) is 11.4 Å². The van der Waals surface area contributed by atoms with Gasteiger partial charge in [-0.05, 0) is 37.9 Å². The van der Waals surface area contributed by atoms with Gasteiger partial charge in [-0.3, -0.25) is 4.40 Å². The Morgan fingerprint density at radius 2 is 2.40 bits per heavy atom. The number of nitrogens with one attached hydrogen (secondary N) is 1. The summed E-state index contributed by atoms with van der Waals surface area (Å²) in [5.41, 5.74) is 2.75. The molecule has 0 aliphatic heterocycles. The quantitative estimate of drug-likeness (QED) is 0.800. The van der Waals surface area contributed by atoms with Crippen LogP contribution in [0.4, 0.5) is 0 Å². The second-order valence-electron chi connectivity index (χ2n) is 5.32. The lowest BCUT2D eigenvalue weighted by molar-refractivity contribution is 0.595. The molecule has 3 nitrogen and oxygen atoms in total. The smallest absolute Gasteiger partial charge is 0.193 e. The summed E-state index contributed by atoms with van der Waals surface area (Å²) >= 11 is 3.68. The predicted molar refractivity (Wildman–Crippen MR) is 84.9 cm³/mol. The van der Waals surface area contributed by atoms with Gasteiger partial charge < -0.3 is 5.32 Å². The van der Waals surface area contributed by atoms with Crippen LogP contribution in [-0.4, -0.2) is 16.4 Å². The predicted octanol–water partition coefficient (Wildman–Crippen LogP) is 3.45. The lowest BCUT2D eigenvalue weighted by Gasteiger charge is -2.13. The summed E-state index contributed by atoms with van der Waals surface area (Å²) in [4.78, 5) is 8.85. The van der Waals surface area contributed by atoms with Gasteiger partial charge in [0, 0.05) is 40.0 Å². The van der Waals surface area contributed by atoms with E-state index in [1.54, 1.807) is 21.8 Å². The van der Waals surface area contributed by atoms with E-state index in [0.29, 0.717) is 6.04 Å². The lowest BCUT2D eigenvalue weighted by Crippen LogP contribution is -2.17. The monoisotopic (exact) mass is 303 g/mol. The topological polar surface area (TPSA) is 29.3 Å². The van der Waals surface area contributed by atoms with Gasteiger partial charge in [-0.2, -0.15) is 0 Å². The van der Waals surface area contributed by atoms with Gasteiger partial charge in [0.2, 0.25) is 0 Å². The van der Waals surface area contributed by atoms with Crippen LogP contribution in [-0.2, 0) is 19.3 Å². The Morgan fingerprint density at radius 1 is 1.45 bits per heavy atom. The van der Waals surface area contributed by atoms with Crippen molar-refractivity contribution >= 4 is 27.6 Å². The van der Waals surface area contributed by atoms with Crippen molar-refractivity contribution in [2.45, 2.75) is 31.7 Å². The highest BCUT2D eigenvalue weighted by atomic mass is 32.1. The number of thiazole rings is 1. The summed E-state index contributed by atoms with van der Waals surface area (Å²) in [5.74, 6) is 0. The van der Waals surface area contributed by atoms with Crippen LogP contribution < -0.4 is 5.32 Å². The van der Waals surface area contributed by atoms with E-state index in [-0.39, 0.29) is 0 Å². The van der Waals surface area contributed by atoms with Crippen LogP contribution in [0.5, 0.6) is 0 Å². The van der Waals surface area contributed by atoms with E-state index >= 15 is 0 Å². The highest BCUT2D eigenvalue weighted by molar-refractivity contribution is 7.15. The molecule has 1 N–H and O–H groups in total. The molecule has 104 valence electrons. The Bertz CT molecular complexity index is 687. The summed E-state index contributed by atoms with van der Waals surface area (Å²) in [6.45, 7) is 0. The normalized spacial score (nSPS) is 15.8. The van der Waals surface area contributed by atoms with Crippen LogP contribution in [0.3, 0.4) is 0 Å². The number of likely N-dealkylation sites (N-methyl/N-ethyl adjacent to an activating group) is 1. The first-order valence-electron chi connectivity index (χ1n) is 7.03. The zero-order valence-corrected chi connectivity index (χ0v) is 13.1. The molecule has 3 heterocycles. The molecule has 1 atom stereocenters. The fraction of sp³-hybridized carbons (Fsp3) is 0.400. The molecule has 1 aliphatic carbocycles. The minimum absolute atomic E-state index is 0.384. The van der Waals surface area contributed by atoms with Crippen molar-refractivity contribution in [2.75, 3.05) is 7.05 Å². The van der Waals surface area contributed by atoms with E-state index in [2.05, 4.69) is 33.6 Å². The minimum atomic E-state index is 0.384. The molecular formula is C15H17N3S2. The van der Waals surface area contributed by atoms with E-state index in [4.69, 9.17) is 4.98 Å². The molecule has 1 aliphatic rings. The van der Waals surface area contributed by atoms with Crippen molar-refractivity contribution in [3.63, 3.8) is 0 Å². The third kappa shape index (κ3) is 2.10. The molecule has 0 fully saturated rings. The standard InChI is InChI=1S/C15H17N3S2/c1-16-12(14-7-10-3-2-4-13(10)20-14)8-11-9-18-5-6-19-15(18)17-11/h5-7,9,12,16H,2-4,8H2,1H3. The maximum absolute atomic E-state index is 4.70. The summed E-state index contributed by atoms with van der Waals surface area (Å²) in [6, 6.07) is 2.79. The number of nitrogens with zero attached hydrogens (tertiary/aromatic N) is 2. The van der Waals surface area contributed by atoms with Crippen LogP contribution in [0.2, 0.25) is 0 Å². The van der Waals surface area contributed by atoms with E-state index in [9.17, 15) is 0 Å². The molecule has 0 saturated heterocycles. The van der Waals surface area contributed by atoms with Crippen molar-refractivity contribution in [1.29, 1.82) is 0 Å². The molecule has 5 heteroatoms. The van der Waals surface area contributed by atoms with Crippen molar-refractivity contribution < 1.29 is 0 Å². The van der Waals surface area contributed by atoms with Gasteiger partial charge >= 0.3 is 0 Å². The Balaban J connectivity index is 1.59. The fourth-order valence-electron chi connectivity index (χ4n) is 2.95. The first kappa shape index (κ1) is 12.6. The highest BCUT2D eigenvalue weighted by Gasteiger charge is 2.20. The molecule has 0 radical (unpaired) electrons. The van der Waals surface area contributed by atoms with E-state index < -0.39 is 0 Å². The molecule has 4 rings (SSSR count). The van der Waals surface area contributed by atoms with Crippen molar-refractivity contribution in [3.8, 4) is 0 Å². The zero-order chi connectivity index (χ0) is 13.5. The summed E-state index contributed by atoms with van der Waals surface area (Å²) in [5, 5.41) is 5.53. The average molecular weight is 303 g/mol. The molecule has 0 aromatic carbocycles. The van der Waals surface area contributed by atoms with E-state index in [1.165, 1.54) is 29.8 Å². The van der Waals surface area contributed by atoms with Gasteiger partial charge in [-0.15, -0.1) is 22.7 Å². The molecule has 0 saturated carbocycles. The van der Waals surface area contributed by atoms with Gasteiger partial charge in [-0.1, -0.05) is 0 Å². The molecule has 0 amide bonds. The van der Waals surface area contributed by atoms with Crippen LogP contribution in [0.25, 0.3) is 4.96 Å². The third-order valence-corrected chi connectivity index (χ3v) is 6.14. The number of rotatable bonds is 4. The number of hydrogen-bond donors (Lipinski definition) is 1. The number of fused-ring (bicyclic) bond motifs is 2. The zero-order valence-electron chi connectivity index (χ0n) is 11.4. The third-order valence-electron chi connectivity index (χ3n) is 4.01. The molecule has 0 bridgehead atoms. The maximum Gasteiger partial charge on any atom is 0.193 e. The Hall–Kier alpha value is -1.17.